The van der Waals surface area contributed by atoms with Gasteiger partial charge in [-0.1, -0.05) is 12.8 Å². The van der Waals surface area contributed by atoms with Crippen LogP contribution >= 0.6 is 0 Å². The zero-order valence-electron chi connectivity index (χ0n) is 13.9. The fourth-order valence-electron chi connectivity index (χ4n) is 2.06. The van der Waals surface area contributed by atoms with E-state index in [0.717, 1.165) is 25.7 Å². The molecule has 6 heteroatoms. The van der Waals surface area contributed by atoms with Crippen molar-refractivity contribution in [1.82, 2.24) is 10.6 Å². The highest BCUT2D eigenvalue weighted by molar-refractivity contribution is 5.88. The van der Waals surface area contributed by atoms with Gasteiger partial charge < -0.3 is 15.4 Å². The Hall–Kier alpha value is -1.56. The van der Waals surface area contributed by atoms with E-state index in [1.54, 1.807) is 14.0 Å². The van der Waals surface area contributed by atoms with Crippen molar-refractivity contribution in [1.29, 1.82) is 0 Å². The van der Waals surface area contributed by atoms with Crippen LogP contribution in [0.3, 0.4) is 0 Å². The minimum atomic E-state index is -0.262. The van der Waals surface area contributed by atoms with Gasteiger partial charge in [0.25, 0.3) is 0 Å². The van der Waals surface area contributed by atoms with Crippen molar-refractivity contribution >= 4 is 23.3 Å². The molecule has 0 bridgehead atoms. The summed E-state index contributed by atoms with van der Waals surface area (Å²) in [7, 11) is 1.77. The largest absolute Gasteiger partial charge is 0.349 e. The van der Waals surface area contributed by atoms with E-state index >= 15 is 0 Å². The van der Waals surface area contributed by atoms with Crippen molar-refractivity contribution in [3.8, 4) is 0 Å². The number of hydrogen-bond acceptors (Lipinski definition) is 5. The number of carbonyl (C=O) groups is 4. The predicted octanol–water partition coefficient (Wildman–Crippen LogP) is 1.17. The SMILES string of the molecule is CNC(CCCCCC(=O)CNC(=O)CCC(C)=O)C(C)=O. The van der Waals surface area contributed by atoms with Crippen LogP contribution in [0.5, 0.6) is 0 Å². The van der Waals surface area contributed by atoms with E-state index in [2.05, 4.69) is 10.6 Å². The Labute approximate surface area is 132 Å². The normalized spacial score (nSPS) is 11.8. The summed E-state index contributed by atoms with van der Waals surface area (Å²) in [6, 6.07) is -0.101. The molecular formula is C16H28N2O4. The van der Waals surface area contributed by atoms with Gasteiger partial charge in [-0.2, -0.15) is 0 Å². The molecule has 0 rings (SSSR count). The van der Waals surface area contributed by atoms with E-state index in [-0.39, 0.29) is 48.7 Å². The Kier molecular flexibility index (Phi) is 11.2. The molecule has 1 atom stereocenters. The fraction of sp³-hybridized carbons (Fsp3) is 0.750. The van der Waals surface area contributed by atoms with Gasteiger partial charge in [0.1, 0.15) is 11.6 Å². The maximum absolute atomic E-state index is 11.6. The first-order chi connectivity index (χ1) is 10.4. The highest BCUT2D eigenvalue weighted by atomic mass is 16.2. The Balaban J connectivity index is 3.63. The number of amides is 1. The number of likely N-dealkylation sites (N-methyl/N-ethyl adjacent to an activating group) is 1. The number of rotatable bonds is 13. The Morgan fingerprint density at radius 2 is 1.59 bits per heavy atom. The van der Waals surface area contributed by atoms with Crippen LogP contribution in [0.15, 0.2) is 0 Å². The van der Waals surface area contributed by atoms with Crippen LogP contribution in [0.4, 0.5) is 0 Å². The van der Waals surface area contributed by atoms with E-state index in [9.17, 15) is 19.2 Å². The number of Topliss-reactive ketones (excluding diaryl/α,β-unsaturated/α-hetero) is 3. The molecular weight excluding hydrogens is 284 g/mol. The van der Waals surface area contributed by atoms with Crippen LogP contribution in [0.25, 0.3) is 0 Å². The van der Waals surface area contributed by atoms with Gasteiger partial charge >= 0.3 is 0 Å². The van der Waals surface area contributed by atoms with Gasteiger partial charge in [0.15, 0.2) is 5.78 Å². The van der Waals surface area contributed by atoms with Gasteiger partial charge in [-0.05, 0) is 33.7 Å². The molecule has 0 radical (unpaired) electrons. The number of hydrogen-bond donors (Lipinski definition) is 2. The van der Waals surface area contributed by atoms with Crippen molar-refractivity contribution in [2.45, 2.75) is 64.8 Å². The standard InChI is InChI=1S/C16H28N2O4/c1-12(19)9-10-16(22)18-11-14(21)7-5-4-6-8-15(17-3)13(2)20/h15,17H,4-11H2,1-3H3,(H,18,22). The molecule has 0 aromatic heterocycles. The molecule has 0 fully saturated rings. The molecule has 0 saturated carbocycles. The summed E-state index contributed by atoms with van der Waals surface area (Å²) in [6.45, 7) is 3.03. The minimum absolute atomic E-state index is 0.00657. The van der Waals surface area contributed by atoms with Crippen LogP contribution in [-0.2, 0) is 19.2 Å². The molecule has 1 unspecified atom stereocenters. The van der Waals surface area contributed by atoms with Crippen LogP contribution < -0.4 is 10.6 Å². The number of unbranched alkanes of at least 4 members (excludes halogenated alkanes) is 2. The van der Waals surface area contributed by atoms with Gasteiger partial charge in [0, 0.05) is 19.3 Å². The minimum Gasteiger partial charge on any atom is -0.349 e. The topological polar surface area (TPSA) is 92.3 Å². The Morgan fingerprint density at radius 3 is 2.14 bits per heavy atom. The van der Waals surface area contributed by atoms with Crippen molar-refractivity contribution in [2.75, 3.05) is 13.6 Å². The third-order valence-electron chi connectivity index (χ3n) is 3.47. The molecule has 1 amide bonds. The van der Waals surface area contributed by atoms with E-state index in [4.69, 9.17) is 0 Å². The summed E-state index contributed by atoms with van der Waals surface area (Å²) in [6.07, 6.45) is 4.09. The molecule has 22 heavy (non-hydrogen) atoms. The summed E-state index contributed by atoms with van der Waals surface area (Å²) in [5, 5.41) is 5.49. The van der Waals surface area contributed by atoms with Crippen molar-refractivity contribution in [3.63, 3.8) is 0 Å². The molecule has 2 N–H and O–H groups in total. The first-order valence-electron chi connectivity index (χ1n) is 7.82. The first-order valence-corrected chi connectivity index (χ1v) is 7.82. The summed E-state index contributed by atoms with van der Waals surface area (Å²) in [4.78, 5) is 44.9. The summed E-state index contributed by atoms with van der Waals surface area (Å²) in [5.74, 6) is -0.173. The lowest BCUT2D eigenvalue weighted by molar-refractivity contribution is -0.126. The van der Waals surface area contributed by atoms with Gasteiger partial charge in [0.2, 0.25) is 5.91 Å². The molecule has 0 aliphatic carbocycles. The molecule has 126 valence electrons. The van der Waals surface area contributed by atoms with E-state index in [1.165, 1.54) is 6.92 Å². The van der Waals surface area contributed by atoms with Crippen molar-refractivity contribution in [3.05, 3.63) is 0 Å². The average Bonchev–Trinajstić information content (AvgIpc) is 2.46. The first kappa shape index (κ1) is 20.4. The predicted molar refractivity (Wildman–Crippen MR) is 84.5 cm³/mol. The van der Waals surface area contributed by atoms with Crippen LogP contribution in [0.1, 0.15) is 58.8 Å². The van der Waals surface area contributed by atoms with Crippen LogP contribution in [0, 0.1) is 0 Å². The van der Waals surface area contributed by atoms with Gasteiger partial charge in [0.05, 0.1) is 12.6 Å². The van der Waals surface area contributed by atoms with Crippen LogP contribution in [-0.4, -0.2) is 42.9 Å². The monoisotopic (exact) mass is 312 g/mol. The van der Waals surface area contributed by atoms with E-state index < -0.39 is 0 Å². The maximum atomic E-state index is 11.6. The fourth-order valence-corrected chi connectivity index (χ4v) is 2.06. The summed E-state index contributed by atoms with van der Waals surface area (Å²) >= 11 is 0. The lowest BCUT2D eigenvalue weighted by atomic mass is 10.0. The average molecular weight is 312 g/mol. The highest BCUT2D eigenvalue weighted by Crippen LogP contribution is 2.06. The second-order valence-corrected chi connectivity index (χ2v) is 5.57. The lowest BCUT2D eigenvalue weighted by Gasteiger charge is -2.11. The Morgan fingerprint density at radius 1 is 0.909 bits per heavy atom. The number of ketones is 3. The molecule has 0 saturated heterocycles. The van der Waals surface area contributed by atoms with Gasteiger partial charge in [-0.15, -0.1) is 0 Å². The van der Waals surface area contributed by atoms with Gasteiger partial charge in [-0.25, -0.2) is 0 Å². The summed E-state index contributed by atoms with van der Waals surface area (Å²) in [5.41, 5.74) is 0. The zero-order chi connectivity index (χ0) is 17.0. The van der Waals surface area contributed by atoms with Crippen molar-refractivity contribution in [2.24, 2.45) is 0 Å². The quantitative estimate of drug-likeness (QED) is 0.498. The smallest absolute Gasteiger partial charge is 0.220 e. The molecule has 0 aromatic carbocycles. The van der Waals surface area contributed by atoms with Crippen LogP contribution in [0.2, 0.25) is 0 Å². The van der Waals surface area contributed by atoms with E-state index in [0.29, 0.717) is 6.42 Å². The number of nitrogens with one attached hydrogen (secondary N) is 2. The summed E-state index contributed by atoms with van der Waals surface area (Å²) < 4.78 is 0. The second-order valence-electron chi connectivity index (χ2n) is 5.57. The van der Waals surface area contributed by atoms with E-state index in [1.807, 2.05) is 0 Å². The molecule has 0 spiro atoms. The molecule has 0 aliphatic rings. The number of carbonyl (C=O) groups excluding carboxylic acids is 4. The Bertz CT molecular complexity index is 394. The van der Waals surface area contributed by atoms with Crippen molar-refractivity contribution < 1.29 is 19.2 Å². The van der Waals surface area contributed by atoms with Gasteiger partial charge in [-0.3, -0.25) is 14.4 Å². The third-order valence-corrected chi connectivity index (χ3v) is 3.47. The lowest BCUT2D eigenvalue weighted by Crippen LogP contribution is -2.32. The molecule has 0 aliphatic heterocycles. The highest BCUT2D eigenvalue weighted by Gasteiger charge is 2.11. The maximum Gasteiger partial charge on any atom is 0.220 e. The molecule has 0 heterocycles. The molecule has 6 nitrogen and oxygen atoms in total. The second kappa shape index (κ2) is 12.0. The molecule has 0 aromatic rings. The third kappa shape index (κ3) is 11.1. The zero-order valence-corrected chi connectivity index (χ0v) is 13.9.